The maximum atomic E-state index is 6.24. The van der Waals surface area contributed by atoms with Gasteiger partial charge in [-0.1, -0.05) is 47.8 Å². The lowest BCUT2D eigenvalue weighted by Crippen LogP contribution is -1.96. The van der Waals surface area contributed by atoms with Gasteiger partial charge in [-0.3, -0.25) is 0 Å². The van der Waals surface area contributed by atoms with Gasteiger partial charge in [0.15, 0.2) is 0 Å². The third-order valence-corrected chi connectivity index (χ3v) is 3.96. The van der Waals surface area contributed by atoms with Crippen LogP contribution >= 0.6 is 11.6 Å². The lowest BCUT2D eigenvalue weighted by Gasteiger charge is -2.09. The molecule has 1 aliphatic rings. The lowest BCUT2D eigenvalue weighted by molar-refractivity contribution is 0.420. The van der Waals surface area contributed by atoms with Gasteiger partial charge >= 0.3 is 0 Å². The fourth-order valence-corrected chi connectivity index (χ4v) is 2.96. The molecule has 3 rings (SSSR count). The van der Waals surface area contributed by atoms with Crippen molar-refractivity contribution >= 4 is 17.5 Å². The number of halogens is 1. The molecule has 1 aromatic heterocycles. The van der Waals surface area contributed by atoms with Crippen LogP contribution in [0.2, 0.25) is 5.02 Å². The largest absolute Gasteiger partial charge is 0.367 e. The van der Waals surface area contributed by atoms with Crippen molar-refractivity contribution < 1.29 is 4.52 Å². The highest BCUT2D eigenvalue weighted by atomic mass is 35.5. The molecule has 0 atom stereocenters. The molecule has 0 radical (unpaired) electrons. The minimum atomic E-state index is 0.366. The predicted octanol–water partition coefficient (Wildman–Crippen LogP) is 4.23. The topological polar surface area (TPSA) is 52.0 Å². The third kappa shape index (κ3) is 1.89. The van der Waals surface area contributed by atoms with Gasteiger partial charge in [-0.05, 0) is 18.9 Å². The smallest absolute Gasteiger partial charge is 0.230 e. The van der Waals surface area contributed by atoms with E-state index >= 15 is 0 Å². The van der Waals surface area contributed by atoms with Crippen LogP contribution in [0.5, 0.6) is 0 Å². The molecule has 3 nitrogen and oxygen atoms in total. The molecule has 0 unspecified atom stereocenters. The van der Waals surface area contributed by atoms with Gasteiger partial charge in [-0.25, -0.2) is 0 Å². The number of rotatable bonds is 2. The van der Waals surface area contributed by atoms with Gasteiger partial charge in [0.2, 0.25) is 5.88 Å². The molecule has 18 heavy (non-hydrogen) atoms. The highest BCUT2D eigenvalue weighted by molar-refractivity contribution is 6.33. The van der Waals surface area contributed by atoms with Crippen LogP contribution in [0.1, 0.15) is 37.3 Å². The quantitative estimate of drug-likeness (QED) is 0.881. The summed E-state index contributed by atoms with van der Waals surface area (Å²) in [6.07, 6.45) is 4.81. The summed E-state index contributed by atoms with van der Waals surface area (Å²) >= 11 is 6.24. The van der Waals surface area contributed by atoms with Gasteiger partial charge < -0.3 is 10.3 Å². The first-order valence-electron chi connectivity index (χ1n) is 6.27. The van der Waals surface area contributed by atoms with Gasteiger partial charge in [0.1, 0.15) is 0 Å². The molecule has 1 heterocycles. The van der Waals surface area contributed by atoms with E-state index in [-0.39, 0.29) is 0 Å². The summed E-state index contributed by atoms with van der Waals surface area (Å²) in [4.78, 5) is 0. The number of benzene rings is 1. The number of anilines is 1. The SMILES string of the molecule is Nc1onc(C2CCCC2)c1-c1ccccc1Cl. The van der Waals surface area contributed by atoms with Gasteiger partial charge in [-0.15, -0.1) is 0 Å². The monoisotopic (exact) mass is 262 g/mol. The van der Waals surface area contributed by atoms with Crippen molar-refractivity contribution in [2.75, 3.05) is 5.73 Å². The van der Waals surface area contributed by atoms with E-state index in [1.54, 1.807) is 0 Å². The minimum Gasteiger partial charge on any atom is -0.367 e. The summed E-state index contributed by atoms with van der Waals surface area (Å²) in [6, 6.07) is 7.68. The molecule has 1 aromatic carbocycles. The third-order valence-electron chi connectivity index (χ3n) is 3.63. The first-order valence-corrected chi connectivity index (χ1v) is 6.65. The van der Waals surface area contributed by atoms with Gasteiger partial charge in [-0.2, -0.15) is 0 Å². The summed E-state index contributed by atoms with van der Waals surface area (Å²) in [5.74, 6) is 0.822. The Morgan fingerprint density at radius 2 is 1.94 bits per heavy atom. The summed E-state index contributed by atoms with van der Waals surface area (Å²) in [5, 5.41) is 4.84. The molecule has 94 valence electrons. The van der Waals surface area contributed by atoms with Crippen LogP contribution in [0.15, 0.2) is 28.8 Å². The van der Waals surface area contributed by atoms with E-state index in [2.05, 4.69) is 5.16 Å². The first kappa shape index (κ1) is 11.6. The highest BCUT2D eigenvalue weighted by Crippen LogP contribution is 2.42. The van der Waals surface area contributed by atoms with Crippen LogP contribution in [0.3, 0.4) is 0 Å². The van der Waals surface area contributed by atoms with E-state index in [0.717, 1.165) is 29.7 Å². The van der Waals surface area contributed by atoms with Crippen LogP contribution in [-0.2, 0) is 0 Å². The van der Waals surface area contributed by atoms with E-state index < -0.39 is 0 Å². The molecule has 1 aliphatic carbocycles. The molecule has 0 spiro atoms. The van der Waals surface area contributed by atoms with E-state index in [1.807, 2.05) is 24.3 Å². The second kappa shape index (κ2) is 4.65. The zero-order chi connectivity index (χ0) is 12.5. The van der Waals surface area contributed by atoms with E-state index in [9.17, 15) is 0 Å². The lowest BCUT2D eigenvalue weighted by atomic mass is 9.96. The number of hydrogen-bond donors (Lipinski definition) is 1. The van der Waals surface area contributed by atoms with Crippen LogP contribution in [0.4, 0.5) is 5.88 Å². The number of hydrogen-bond acceptors (Lipinski definition) is 3. The molecule has 0 saturated heterocycles. The molecule has 2 N–H and O–H groups in total. The van der Waals surface area contributed by atoms with Crippen molar-refractivity contribution in [1.82, 2.24) is 5.16 Å². The van der Waals surface area contributed by atoms with Gasteiger partial charge in [0.05, 0.1) is 11.3 Å². The Labute approximate surface area is 111 Å². The standard InChI is InChI=1S/C14H15ClN2O/c15-11-8-4-3-7-10(11)12-13(17-18-14(12)16)9-5-1-2-6-9/h3-4,7-9H,1-2,5-6,16H2. The Kier molecular flexibility index (Phi) is 3.00. The predicted molar refractivity (Wildman–Crippen MR) is 72.6 cm³/mol. The second-order valence-corrected chi connectivity index (χ2v) is 5.18. The maximum absolute atomic E-state index is 6.24. The average molecular weight is 263 g/mol. The van der Waals surface area contributed by atoms with E-state index in [1.165, 1.54) is 12.8 Å². The van der Waals surface area contributed by atoms with Crippen molar-refractivity contribution in [3.8, 4) is 11.1 Å². The van der Waals surface area contributed by atoms with Crippen molar-refractivity contribution in [3.05, 3.63) is 35.0 Å². The molecule has 0 aliphatic heterocycles. The summed E-state index contributed by atoms with van der Waals surface area (Å²) < 4.78 is 5.19. The maximum Gasteiger partial charge on any atom is 0.230 e. The summed E-state index contributed by atoms with van der Waals surface area (Å²) in [7, 11) is 0. The van der Waals surface area contributed by atoms with Crippen LogP contribution in [-0.4, -0.2) is 5.16 Å². The Bertz CT molecular complexity index is 559. The first-order chi connectivity index (χ1) is 8.77. The average Bonchev–Trinajstić information content (AvgIpc) is 2.99. The van der Waals surface area contributed by atoms with Crippen molar-refractivity contribution in [3.63, 3.8) is 0 Å². The minimum absolute atomic E-state index is 0.366. The van der Waals surface area contributed by atoms with Gasteiger partial charge in [0.25, 0.3) is 0 Å². The summed E-state index contributed by atoms with van der Waals surface area (Å²) in [6.45, 7) is 0. The molecular formula is C14H15ClN2O. The van der Waals surface area contributed by atoms with Gasteiger partial charge in [0, 0.05) is 16.5 Å². The van der Waals surface area contributed by atoms with Crippen LogP contribution in [0, 0.1) is 0 Å². The number of nitrogens with two attached hydrogens (primary N) is 1. The van der Waals surface area contributed by atoms with E-state index in [4.69, 9.17) is 21.9 Å². The van der Waals surface area contributed by atoms with Crippen LogP contribution < -0.4 is 5.73 Å². The Morgan fingerprint density at radius 1 is 1.22 bits per heavy atom. The van der Waals surface area contributed by atoms with E-state index in [0.29, 0.717) is 16.8 Å². The Morgan fingerprint density at radius 3 is 2.67 bits per heavy atom. The summed E-state index contributed by atoms with van der Waals surface area (Å²) in [5.41, 5.74) is 8.69. The fraction of sp³-hybridized carbons (Fsp3) is 0.357. The molecule has 1 fully saturated rings. The number of nitrogens with zero attached hydrogens (tertiary/aromatic N) is 1. The Hall–Kier alpha value is -1.48. The molecular weight excluding hydrogens is 248 g/mol. The normalized spacial score (nSPS) is 16.3. The second-order valence-electron chi connectivity index (χ2n) is 4.77. The molecule has 4 heteroatoms. The van der Waals surface area contributed by atoms with Crippen molar-refractivity contribution in [2.24, 2.45) is 0 Å². The molecule has 0 amide bonds. The van der Waals surface area contributed by atoms with Crippen molar-refractivity contribution in [2.45, 2.75) is 31.6 Å². The zero-order valence-electron chi connectivity index (χ0n) is 10.0. The van der Waals surface area contributed by atoms with Crippen LogP contribution in [0.25, 0.3) is 11.1 Å². The van der Waals surface area contributed by atoms with Crippen molar-refractivity contribution in [1.29, 1.82) is 0 Å². The fourth-order valence-electron chi connectivity index (χ4n) is 2.73. The Balaban J connectivity index is 2.11. The molecule has 0 bridgehead atoms. The zero-order valence-corrected chi connectivity index (χ0v) is 10.8. The highest BCUT2D eigenvalue weighted by Gasteiger charge is 2.27. The molecule has 2 aromatic rings. The molecule has 1 saturated carbocycles. The number of aromatic nitrogens is 1. The number of nitrogen functional groups attached to an aromatic ring is 1.